The standard InChI is InChI=1S/C34H39N3O5/c1-22-14-16-26(17-15-22)42-34(40)35(4)19-30-23(2)18-37(24(3)20-38)33(39)32-31(27-11-7-6-10-25(27)21-41-30)28-12-8-9-13-29(28)36(32)5/h6-17,23-24,30,38H,18-21H2,1-5H3/t23-,24+,30+/m0/s1. The first-order valence-corrected chi connectivity index (χ1v) is 14.4. The van der Waals surface area contributed by atoms with Gasteiger partial charge < -0.3 is 28.9 Å². The van der Waals surface area contributed by atoms with E-state index in [1.54, 1.807) is 24.1 Å². The van der Waals surface area contributed by atoms with E-state index in [9.17, 15) is 14.7 Å². The quantitative estimate of drug-likeness (QED) is 0.336. The largest absolute Gasteiger partial charge is 0.415 e. The molecule has 1 aliphatic heterocycles. The fourth-order valence-corrected chi connectivity index (χ4v) is 5.66. The molecule has 0 saturated heterocycles. The Kier molecular flexibility index (Phi) is 8.66. The summed E-state index contributed by atoms with van der Waals surface area (Å²) in [6.45, 7) is 6.56. The number of hydrogen-bond donors (Lipinski definition) is 1. The first kappa shape index (κ1) is 29.4. The van der Waals surface area contributed by atoms with E-state index in [1.807, 2.05) is 93.0 Å². The second kappa shape index (κ2) is 12.4. The number of nitrogens with zero attached hydrogens (tertiary/aromatic N) is 3. The molecular weight excluding hydrogens is 530 g/mol. The van der Waals surface area contributed by atoms with Crippen molar-refractivity contribution in [3.8, 4) is 16.9 Å². The number of aliphatic hydroxyl groups excluding tert-OH is 1. The third-order valence-corrected chi connectivity index (χ3v) is 8.22. The van der Waals surface area contributed by atoms with Crippen LogP contribution in [0.25, 0.3) is 22.0 Å². The van der Waals surface area contributed by atoms with Gasteiger partial charge in [0.1, 0.15) is 11.4 Å². The highest BCUT2D eigenvalue weighted by atomic mass is 16.6. The first-order valence-electron chi connectivity index (χ1n) is 14.4. The summed E-state index contributed by atoms with van der Waals surface area (Å²) in [5.74, 6) is 0.155. The number of ether oxygens (including phenoxy) is 2. The summed E-state index contributed by atoms with van der Waals surface area (Å²) in [5.41, 5.74) is 5.35. The zero-order valence-corrected chi connectivity index (χ0v) is 24.9. The maximum Gasteiger partial charge on any atom is 0.415 e. The molecule has 0 unspecified atom stereocenters. The molecule has 5 rings (SSSR count). The van der Waals surface area contributed by atoms with Gasteiger partial charge in [-0.05, 0) is 43.2 Å². The summed E-state index contributed by atoms with van der Waals surface area (Å²) in [4.78, 5) is 30.7. The second-order valence-electron chi connectivity index (χ2n) is 11.3. The normalized spacial score (nSPS) is 18.1. The molecule has 0 bridgehead atoms. The number of fused-ring (bicyclic) bond motifs is 5. The minimum absolute atomic E-state index is 0.153. The predicted molar refractivity (Wildman–Crippen MR) is 164 cm³/mol. The van der Waals surface area contributed by atoms with Gasteiger partial charge in [0.2, 0.25) is 0 Å². The molecule has 3 aromatic carbocycles. The van der Waals surface area contributed by atoms with E-state index in [-0.39, 0.29) is 25.0 Å². The zero-order valence-electron chi connectivity index (χ0n) is 24.9. The van der Waals surface area contributed by atoms with Crippen LogP contribution in [-0.4, -0.2) is 70.4 Å². The van der Waals surface area contributed by atoms with Crippen molar-refractivity contribution >= 4 is 22.9 Å². The molecular formula is C34H39N3O5. The number of aromatic nitrogens is 1. The molecule has 8 heteroatoms. The fourth-order valence-electron chi connectivity index (χ4n) is 5.66. The number of carbonyl (C=O) groups is 2. The summed E-state index contributed by atoms with van der Waals surface area (Å²) in [6, 6.07) is 22.9. The summed E-state index contributed by atoms with van der Waals surface area (Å²) in [6.07, 6.45) is -0.896. The van der Waals surface area contributed by atoms with Crippen LogP contribution in [0.1, 0.15) is 35.5 Å². The van der Waals surface area contributed by atoms with Gasteiger partial charge in [-0.15, -0.1) is 0 Å². The van der Waals surface area contributed by atoms with E-state index in [0.717, 1.165) is 33.2 Å². The highest BCUT2D eigenvalue weighted by Crippen LogP contribution is 2.38. The lowest BCUT2D eigenvalue weighted by Crippen LogP contribution is -2.48. The van der Waals surface area contributed by atoms with Gasteiger partial charge in [-0.3, -0.25) is 4.79 Å². The van der Waals surface area contributed by atoms with Crippen molar-refractivity contribution in [2.24, 2.45) is 13.0 Å². The average Bonchev–Trinajstić information content (AvgIpc) is 3.29. The third kappa shape index (κ3) is 5.78. The topological polar surface area (TPSA) is 84.2 Å². The Bertz CT molecular complexity index is 1580. The van der Waals surface area contributed by atoms with Gasteiger partial charge in [-0.1, -0.05) is 67.1 Å². The molecule has 0 aliphatic carbocycles. The summed E-state index contributed by atoms with van der Waals surface area (Å²) < 4.78 is 14.1. The molecule has 0 fully saturated rings. The van der Waals surface area contributed by atoms with Gasteiger partial charge in [0.25, 0.3) is 5.91 Å². The number of amides is 2. The predicted octanol–water partition coefficient (Wildman–Crippen LogP) is 5.64. The number of para-hydroxylation sites is 1. The van der Waals surface area contributed by atoms with Crippen molar-refractivity contribution in [3.63, 3.8) is 0 Å². The van der Waals surface area contributed by atoms with E-state index in [0.29, 0.717) is 24.6 Å². The smallest absolute Gasteiger partial charge is 0.410 e. The molecule has 1 N–H and O–H groups in total. The molecule has 1 aliphatic rings. The number of aryl methyl sites for hydroxylation is 2. The van der Waals surface area contributed by atoms with Gasteiger partial charge in [-0.25, -0.2) is 4.79 Å². The van der Waals surface area contributed by atoms with Crippen LogP contribution in [0.2, 0.25) is 0 Å². The maximum atomic E-state index is 14.4. The van der Waals surface area contributed by atoms with Crippen LogP contribution in [0.4, 0.5) is 4.79 Å². The molecule has 3 atom stereocenters. The molecule has 220 valence electrons. The SMILES string of the molecule is Cc1ccc(OC(=O)N(C)C[C@H]2OCc3ccccc3-c3c(n(C)c4ccccc34)C(=O)N([C@H](C)CO)C[C@@H]2C)cc1. The van der Waals surface area contributed by atoms with Crippen LogP contribution < -0.4 is 4.74 Å². The molecule has 2 amide bonds. The van der Waals surface area contributed by atoms with Crippen LogP contribution in [0.15, 0.2) is 72.8 Å². The van der Waals surface area contributed by atoms with Crippen molar-refractivity contribution in [2.45, 2.75) is 39.5 Å². The lowest BCUT2D eigenvalue weighted by atomic mass is 9.96. The minimum atomic E-state index is -0.486. The van der Waals surface area contributed by atoms with Crippen molar-refractivity contribution < 1.29 is 24.2 Å². The van der Waals surface area contributed by atoms with Gasteiger partial charge in [-0.2, -0.15) is 0 Å². The number of aliphatic hydroxyl groups is 1. The van der Waals surface area contributed by atoms with E-state index in [4.69, 9.17) is 9.47 Å². The molecule has 42 heavy (non-hydrogen) atoms. The Labute approximate surface area is 247 Å². The fraction of sp³-hybridized carbons (Fsp3) is 0.353. The Hall–Kier alpha value is -4.14. The number of likely N-dealkylation sites (N-methyl/N-ethyl adjacent to an activating group) is 1. The number of benzene rings is 3. The third-order valence-electron chi connectivity index (χ3n) is 8.22. The molecule has 0 spiro atoms. The summed E-state index contributed by atoms with van der Waals surface area (Å²) in [5, 5.41) is 11.2. The summed E-state index contributed by atoms with van der Waals surface area (Å²) >= 11 is 0. The highest BCUT2D eigenvalue weighted by Gasteiger charge is 2.34. The lowest BCUT2D eigenvalue weighted by Gasteiger charge is -2.34. The molecule has 4 aromatic rings. The Balaban J connectivity index is 1.53. The van der Waals surface area contributed by atoms with Crippen molar-refractivity contribution in [3.05, 3.63) is 89.6 Å². The maximum absolute atomic E-state index is 14.4. The van der Waals surface area contributed by atoms with Crippen molar-refractivity contribution in [2.75, 3.05) is 26.7 Å². The number of carbonyl (C=O) groups excluding carboxylic acids is 2. The Morgan fingerprint density at radius 2 is 1.79 bits per heavy atom. The van der Waals surface area contributed by atoms with E-state index in [1.165, 1.54) is 4.90 Å². The number of hydrogen-bond acceptors (Lipinski definition) is 5. The van der Waals surface area contributed by atoms with Gasteiger partial charge in [0.15, 0.2) is 0 Å². The lowest BCUT2D eigenvalue weighted by molar-refractivity contribution is -0.0206. The van der Waals surface area contributed by atoms with E-state index >= 15 is 0 Å². The van der Waals surface area contributed by atoms with Crippen LogP contribution in [0, 0.1) is 12.8 Å². The zero-order chi connectivity index (χ0) is 30.0. The molecule has 0 radical (unpaired) electrons. The summed E-state index contributed by atoms with van der Waals surface area (Å²) in [7, 11) is 3.60. The average molecular weight is 570 g/mol. The van der Waals surface area contributed by atoms with Crippen molar-refractivity contribution in [1.82, 2.24) is 14.4 Å². The second-order valence-corrected chi connectivity index (χ2v) is 11.3. The van der Waals surface area contributed by atoms with Crippen LogP contribution >= 0.6 is 0 Å². The van der Waals surface area contributed by atoms with E-state index < -0.39 is 18.2 Å². The molecule has 2 heterocycles. The molecule has 1 aromatic heterocycles. The minimum Gasteiger partial charge on any atom is -0.410 e. The monoisotopic (exact) mass is 569 g/mol. The van der Waals surface area contributed by atoms with Crippen molar-refractivity contribution in [1.29, 1.82) is 0 Å². The van der Waals surface area contributed by atoms with Gasteiger partial charge >= 0.3 is 6.09 Å². The van der Waals surface area contributed by atoms with Crippen LogP contribution in [0.3, 0.4) is 0 Å². The first-order chi connectivity index (χ1) is 20.2. The van der Waals surface area contributed by atoms with Gasteiger partial charge in [0.05, 0.1) is 31.9 Å². The van der Waals surface area contributed by atoms with Crippen LogP contribution in [0.5, 0.6) is 5.75 Å². The van der Waals surface area contributed by atoms with E-state index in [2.05, 4.69) is 0 Å². The Morgan fingerprint density at radius 1 is 1.10 bits per heavy atom. The Morgan fingerprint density at radius 3 is 2.52 bits per heavy atom. The molecule has 0 saturated carbocycles. The van der Waals surface area contributed by atoms with Gasteiger partial charge in [0, 0.05) is 43.0 Å². The highest BCUT2D eigenvalue weighted by molar-refractivity contribution is 6.10. The number of rotatable bonds is 5. The van der Waals surface area contributed by atoms with Crippen LogP contribution in [-0.2, 0) is 18.4 Å². The molecule has 8 nitrogen and oxygen atoms in total.